The molecule has 94 valence electrons. The lowest BCUT2D eigenvalue weighted by atomic mass is 9.97. The Morgan fingerprint density at radius 3 is 2.65 bits per heavy atom. The maximum absolute atomic E-state index is 12.8. The smallest absolute Gasteiger partial charge is 0.140 e. The Morgan fingerprint density at radius 1 is 1.47 bits per heavy atom. The number of Topliss-reactive ketones (excluding diaryl/α,β-unsaturated/α-hetero) is 1. The number of methoxy groups -OCH3 is 1. The van der Waals surface area contributed by atoms with Crippen LogP contribution in [0.2, 0.25) is 5.02 Å². The summed E-state index contributed by atoms with van der Waals surface area (Å²) in [5.74, 6) is -0.381. The van der Waals surface area contributed by atoms with Crippen LogP contribution < -0.4 is 0 Å². The van der Waals surface area contributed by atoms with Gasteiger partial charge in [-0.05, 0) is 31.5 Å². The van der Waals surface area contributed by atoms with Crippen molar-refractivity contribution >= 4 is 17.4 Å². The van der Waals surface area contributed by atoms with Crippen LogP contribution in [0.15, 0.2) is 18.2 Å². The van der Waals surface area contributed by atoms with E-state index in [1.54, 1.807) is 7.11 Å². The first-order valence-electron chi connectivity index (χ1n) is 5.35. The second kappa shape index (κ2) is 5.61. The third-order valence-corrected chi connectivity index (χ3v) is 2.93. The topological polar surface area (TPSA) is 26.3 Å². The predicted octanol–water partition coefficient (Wildman–Crippen LogP) is 3.41. The lowest BCUT2D eigenvalue weighted by Gasteiger charge is -2.21. The van der Waals surface area contributed by atoms with Gasteiger partial charge in [-0.2, -0.15) is 0 Å². The number of carbonyl (C=O) groups is 1. The second-order valence-electron chi connectivity index (χ2n) is 4.59. The molecule has 0 saturated heterocycles. The zero-order valence-corrected chi connectivity index (χ0v) is 11.0. The normalized spacial score (nSPS) is 11.6. The molecule has 0 heterocycles. The minimum atomic E-state index is -0.483. The average molecular weight is 259 g/mol. The van der Waals surface area contributed by atoms with Crippen molar-refractivity contribution in [2.75, 3.05) is 7.11 Å². The molecule has 0 radical (unpaired) electrons. The number of halogens is 2. The summed E-state index contributed by atoms with van der Waals surface area (Å²) in [5, 5.41) is 0.286. The monoisotopic (exact) mass is 258 g/mol. The number of hydrogen-bond donors (Lipinski definition) is 0. The van der Waals surface area contributed by atoms with Gasteiger partial charge in [0.2, 0.25) is 0 Å². The molecular formula is C13H16ClFO2. The van der Waals surface area contributed by atoms with Crippen LogP contribution in [0, 0.1) is 5.82 Å². The van der Waals surface area contributed by atoms with Gasteiger partial charge in [-0.3, -0.25) is 4.79 Å². The van der Waals surface area contributed by atoms with Gasteiger partial charge in [0.15, 0.2) is 0 Å². The fourth-order valence-electron chi connectivity index (χ4n) is 1.49. The fourth-order valence-corrected chi connectivity index (χ4v) is 1.72. The van der Waals surface area contributed by atoms with E-state index in [9.17, 15) is 9.18 Å². The van der Waals surface area contributed by atoms with E-state index in [-0.39, 0.29) is 17.2 Å². The Morgan fingerprint density at radius 2 is 2.12 bits per heavy atom. The van der Waals surface area contributed by atoms with Crippen molar-refractivity contribution in [3.8, 4) is 0 Å². The van der Waals surface area contributed by atoms with Crippen molar-refractivity contribution in [1.29, 1.82) is 0 Å². The molecule has 4 heteroatoms. The van der Waals surface area contributed by atoms with Gasteiger partial charge in [-0.15, -0.1) is 0 Å². The van der Waals surface area contributed by atoms with Crippen LogP contribution in [0.25, 0.3) is 0 Å². The zero-order chi connectivity index (χ0) is 13.1. The molecule has 0 bridgehead atoms. The van der Waals surface area contributed by atoms with E-state index in [1.165, 1.54) is 18.2 Å². The Bertz CT molecular complexity index is 416. The third kappa shape index (κ3) is 4.44. The van der Waals surface area contributed by atoms with E-state index >= 15 is 0 Å². The van der Waals surface area contributed by atoms with Gasteiger partial charge in [0.05, 0.1) is 5.60 Å². The molecule has 0 aliphatic rings. The molecule has 1 aromatic carbocycles. The van der Waals surface area contributed by atoms with Crippen molar-refractivity contribution in [2.24, 2.45) is 0 Å². The molecule has 0 atom stereocenters. The van der Waals surface area contributed by atoms with Gasteiger partial charge in [-0.1, -0.05) is 17.7 Å². The molecule has 0 aliphatic carbocycles. The van der Waals surface area contributed by atoms with Crippen LogP contribution >= 0.6 is 11.6 Å². The first-order chi connectivity index (χ1) is 7.84. The van der Waals surface area contributed by atoms with Crippen LogP contribution in [-0.2, 0) is 16.0 Å². The highest BCUT2D eigenvalue weighted by Crippen LogP contribution is 2.20. The van der Waals surface area contributed by atoms with Crippen LogP contribution in [0.1, 0.15) is 25.8 Å². The number of benzene rings is 1. The zero-order valence-electron chi connectivity index (χ0n) is 10.2. The maximum atomic E-state index is 12.8. The van der Waals surface area contributed by atoms with E-state index in [4.69, 9.17) is 16.3 Å². The number of rotatable bonds is 5. The van der Waals surface area contributed by atoms with Crippen LogP contribution in [0.3, 0.4) is 0 Å². The van der Waals surface area contributed by atoms with Gasteiger partial charge in [-0.25, -0.2) is 4.39 Å². The Labute approximate surface area is 106 Å². The molecule has 2 nitrogen and oxygen atoms in total. The molecule has 1 rings (SSSR count). The summed E-state index contributed by atoms with van der Waals surface area (Å²) in [6, 6.07) is 4.05. The van der Waals surface area contributed by atoms with Crippen molar-refractivity contribution < 1.29 is 13.9 Å². The third-order valence-electron chi connectivity index (χ3n) is 2.58. The highest BCUT2D eigenvalue weighted by molar-refractivity contribution is 6.31. The predicted molar refractivity (Wildman–Crippen MR) is 65.8 cm³/mol. The second-order valence-corrected chi connectivity index (χ2v) is 5.00. The van der Waals surface area contributed by atoms with Gasteiger partial charge >= 0.3 is 0 Å². The molecule has 0 unspecified atom stereocenters. The van der Waals surface area contributed by atoms with E-state index in [1.807, 2.05) is 13.8 Å². The lowest BCUT2D eigenvalue weighted by Crippen LogP contribution is -2.27. The highest BCUT2D eigenvalue weighted by atomic mass is 35.5. The lowest BCUT2D eigenvalue weighted by molar-refractivity contribution is -0.123. The molecule has 0 aliphatic heterocycles. The summed E-state index contributed by atoms with van der Waals surface area (Å²) < 4.78 is 18.0. The SMILES string of the molecule is COC(C)(C)CC(=O)Cc1ccc(F)cc1Cl. The summed E-state index contributed by atoms with van der Waals surface area (Å²) >= 11 is 5.86. The standard InChI is InChI=1S/C13H16ClFO2/c1-13(2,17-3)8-11(16)6-9-4-5-10(15)7-12(9)14/h4-5,7H,6,8H2,1-3H3. The number of carbonyl (C=O) groups excluding carboxylic acids is 1. The maximum Gasteiger partial charge on any atom is 0.140 e. The minimum Gasteiger partial charge on any atom is -0.378 e. The van der Waals surface area contributed by atoms with Gasteiger partial charge in [0.25, 0.3) is 0 Å². The van der Waals surface area contributed by atoms with Gasteiger partial charge in [0, 0.05) is 25.0 Å². The van der Waals surface area contributed by atoms with E-state index in [0.717, 1.165) is 0 Å². The van der Waals surface area contributed by atoms with Crippen LogP contribution in [0.4, 0.5) is 4.39 Å². The molecule has 17 heavy (non-hydrogen) atoms. The summed E-state index contributed by atoms with van der Waals surface area (Å²) in [6.45, 7) is 3.69. The van der Waals surface area contributed by atoms with Crippen molar-refractivity contribution in [1.82, 2.24) is 0 Å². The van der Waals surface area contributed by atoms with E-state index in [2.05, 4.69) is 0 Å². The first-order valence-corrected chi connectivity index (χ1v) is 5.72. The number of ketones is 1. The quantitative estimate of drug-likeness (QED) is 0.809. The molecule has 0 saturated carbocycles. The Balaban J connectivity index is 2.69. The molecule has 0 fully saturated rings. The molecule has 0 N–H and O–H groups in total. The number of hydrogen-bond acceptors (Lipinski definition) is 2. The van der Waals surface area contributed by atoms with Crippen LogP contribution in [-0.4, -0.2) is 18.5 Å². The van der Waals surface area contributed by atoms with E-state index in [0.29, 0.717) is 12.0 Å². The molecule has 0 amide bonds. The van der Waals surface area contributed by atoms with Crippen molar-refractivity contribution in [3.63, 3.8) is 0 Å². The summed E-state index contributed by atoms with van der Waals surface area (Å²) in [7, 11) is 1.57. The average Bonchev–Trinajstić information content (AvgIpc) is 2.21. The van der Waals surface area contributed by atoms with Gasteiger partial charge < -0.3 is 4.74 Å². The van der Waals surface area contributed by atoms with Gasteiger partial charge in [0.1, 0.15) is 11.6 Å². The molecular weight excluding hydrogens is 243 g/mol. The Hall–Kier alpha value is -0.930. The molecule has 1 aromatic rings. The summed E-state index contributed by atoms with van der Waals surface area (Å²) in [4.78, 5) is 11.8. The highest BCUT2D eigenvalue weighted by Gasteiger charge is 2.21. The Kier molecular flexibility index (Phi) is 4.66. The van der Waals surface area contributed by atoms with Crippen LogP contribution in [0.5, 0.6) is 0 Å². The fraction of sp³-hybridized carbons (Fsp3) is 0.462. The summed E-state index contributed by atoms with van der Waals surface area (Å²) in [5.41, 5.74) is 0.161. The van der Waals surface area contributed by atoms with Crippen molar-refractivity contribution in [3.05, 3.63) is 34.6 Å². The minimum absolute atomic E-state index is 0.0189. The number of ether oxygens (including phenoxy) is 1. The summed E-state index contributed by atoms with van der Waals surface area (Å²) in [6.07, 6.45) is 0.503. The first kappa shape index (κ1) is 14.1. The molecule has 0 spiro atoms. The largest absolute Gasteiger partial charge is 0.378 e. The molecule has 0 aromatic heterocycles. The van der Waals surface area contributed by atoms with Crippen molar-refractivity contribution in [2.45, 2.75) is 32.3 Å². The van der Waals surface area contributed by atoms with E-state index < -0.39 is 11.4 Å².